The van der Waals surface area contributed by atoms with Crippen LogP contribution in [0.3, 0.4) is 0 Å². The summed E-state index contributed by atoms with van der Waals surface area (Å²) in [6.45, 7) is 0. The molecule has 116 valence electrons. The number of aromatic nitrogens is 1. The first-order chi connectivity index (χ1) is 11.0. The summed E-state index contributed by atoms with van der Waals surface area (Å²) < 4.78 is 5.74. The summed E-state index contributed by atoms with van der Waals surface area (Å²) in [4.78, 5) is 24.1. The van der Waals surface area contributed by atoms with Crippen molar-refractivity contribution in [3.05, 3.63) is 64.3 Å². The lowest BCUT2D eigenvalue weighted by molar-refractivity contribution is -0.384. The summed E-state index contributed by atoms with van der Waals surface area (Å²) in [5.41, 5.74) is 1.34. The molecule has 0 aliphatic rings. The number of aromatic amines is 1. The standard InChI is InChI=1S/C16H12N2O5/c19-15(20)8-10-9-17-16-13(10)2-1-3-14(16)23-12-6-4-11(5-7-12)18(21)22/h1-7,9,17H,8H2,(H,19,20). The van der Waals surface area contributed by atoms with Crippen LogP contribution in [0.25, 0.3) is 10.9 Å². The molecular formula is C16H12N2O5. The number of nitrogens with zero attached hydrogens (tertiary/aromatic N) is 1. The van der Waals surface area contributed by atoms with E-state index < -0.39 is 10.9 Å². The number of carboxylic acid groups (broad SMARTS) is 1. The van der Waals surface area contributed by atoms with Crippen molar-refractivity contribution < 1.29 is 19.6 Å². The summed E-state index contributed by atoms with van der Waals surface area (Å²) in [7, 11) is 0. The van der Waals surface area contributed by atoms with Crippen LogP contribution in [-0.4, -0.2) is 21.0 Å². The van der Waals surface area contributed by atoms with Gasteiger partial charge in [0.1, 0.15) is 5.75 Å². The molecule has 0 bridgehead atoms. The summed E-state index contributed by atoms with van der Waals surface area (Å²) in [6, 6.07) is 11.1. The normalized spacial score (nSPS) is 10.6. The highest BCUT2D eigenvalue weighted by atomic mass is 16.6. The molecule has 0 saturated heterocycles. The maximum absolute atomic E-state index is 10.9. The Bertz CT molecular complexity index is 883. The Balaban J connectivity index is 1.92. The van der Waals surface area contributed by atoms with Gasteiger partial charge in [0.25, 0.3) is 5.69 Å². The quantitative estimate of drug-likeness (QED) is 0.554. The van der Waals surface area contributed by atoms with E-state index in [1.54, 1.807) is 18.3 Å². The number of fused-ring (bicyclic) bond motifs is 1. The van der Waals surface area contributed by atoms with Crippen molar-refractivity contribution in [1.29, 1.82) is 0 Å². The van der Waals surface area contributed by atoms with E-state index in [1.807, 2.05) is 6.07 Å². The second-order valence-corrected chi connectivity index (χ2v) is 4.92. The Kier molecular flexibility index (Phi) is 3.68. The lowest BCUT2D eigenvalue weighted by atomic mass is 10.1. The van der Waals surface area contributed by atoms with Crippen LogP contribution in [0.4, 0.5) is 5.69 Å². The van der Waals surface area contributed by atoms with E-state index in [0.29, 0.717) is 22.6 Å². The molecule has 0 atom stereocenters. The van der Waals surface area contributed by atoms with Crippen LogP contribution in [0.2, 0.25) is 0 Å². The molecule has 0 unspecified atom stereocenters. The van der Waals surface area contributed by atoms with E-state index in [-0.39, 0.29) is 12.1 Å². The number of nitrogens with one attached hydrogen (secondary N) is 1. The molecule has 0 saturated carbocycles. The number of hydrogen-bond acceptors (Lipinski definition) is 4. The van der Waals surface area contributed by atoms with Crippen LogP contribution < -0.4 is 4.74 Å². The first-order valence-electron chi connectivity index (χ1n) is 6.77. The van der Waals surface area contributed by atoms with E-state index in [1.165, 1.54) is 24.3 Å². The molecule has 1 aromatic heterocycles. The van der Waals surface area contributed by atoms with Gasteiger partial charge in [0.15, 0.2) is 5.75 Å². The Labute approximate surface area is 130 Å². The number of nitro benzene ring substituents is 1. The summed E-state index contributed by atoms with van der Waals surface area (Å²) in [5.74, 6) is 0.0677. The lowest BCUT2D eigenvalue weighted by Crippen LogP contribution is -1.98. The molecule has 2 aromatic carbocycles. The number of para-hydroxylation sites is 1. The highest BCUT2D eigenvalue weighted by molar-refractivity contribution is 5.91. The molecule has 0 amide bonds. The van der Waals surface area contributed by atoms with E-state index in [9.17, 15) is 14.9 Å². The van der Waals surface area contributed by atoms with Gasteiger partial charge in [-0.25, -0.2) is 0 Å². The van der Waals surface area contributed by atoms with Crippen LogP contribution in [0.5, 0.6) is 11.5 Å². The van der Waals surface area contributed by atoms with Gasteiger partial charge in [-0.2, -0.15) is 0 Å². The number of benzene rings is 2. The zero-order chi connectivity index (χ0) is 16.4. The van der Waals surface area contributed by atoms with Gasteiger partial charge >= 0.3 is 5.97 Å². The van der Waals surface area contributed by atoms with Gasteiger partial charge in [0, 0.05) is 23.7 Å². The Morgan fingerprint density at radius 2 is 1.96 bits per heavy atom. The predicted octanol–water partition coefficient (Wildman–Crippen LogP) is 3.50. The molecule has 2 N–H and O–H groups in total. The largest absolute Gasteiger partial charge is 0.481 e. The number of hydrogen-bond donors (Lipinski definition) is 2. The number of aliphatic carboxylic acids is 1. The topological polar surface area (TPSA) is 105 Å². The molecule has 0 radical (unpaired) electrons. The Morgan fingerprint density at radius 1 is 1.22 bits per heavy atom. The maximum atomic E-state index is 10.9. The second-order valence-electron chi connectivity index (χ2n) is 4.92. The van der Waals surface area contributed by atoms with Gasteiger partial charge in [-0.1, -0.05) is 12.1 Å². The molecule has 0 aliphatic carbocycles. The number of nitro groups is 1. The third kappa shape index (κ3) is 2.98. The number of H-pyrrole nitrogens is 1. The van der Waals surface area contributed by atoms with Crippen molar-refractivity contribution in [3.8, 4) is 11.5 Å². The zero-order valence-corrected chi connectivity index (χ0v) is 11.9. The van der Waals surface area contributed by atoms with Gasteiger partial charge in [-0.3, -0.25) is 14.9 Å². The van der Waals surface area contributed by atoms with E-state index >= 15 is 0 Å². The molecule has 1 heterocycles. The smallest absolute Gasteiger partial charge is 0.307 e. The highest BCUT2D eigenvalue weighted by Gasteiger charge is 2.12. The van der Waals surface area contributed by atoms with E-state index in [0.717, 1.165) is 5.39 Å². The van der Waals surface area contributed by atoms with Gasteiger partial charge < -0.3 is 14.8 Å². The fourth-order valence-electron chi connectivity index (χ4n) is 2.34. The molecular weight excluding hydrogens is 300 g/mol. The van der Waals surface area contributed by atoms with Crippen LogP contribution in [0.15, 0.2) is 48.7 Å². The summed E-state index contributed by atoms with van der Waals surface area (Å²) in [6.07, 6.45) is 1.56. The molecule has 0 spiro atoms. The van der Waals surface area contributed by atoms with Gasteiger partial charge in [-0.05, 0) is 23.8 Å². The van der Waals surface area contributed by atoms with Crippen molar-refractivity contribution in [2.24, 2.45) is 0 Å². The number of non-ortho nitro benzene ring substituents is 1. The van der Waals surface area contributed by atoms with Crippen LogP contribution in [-0.2, 0) is 11.2 Å². The zero-order valence-electron chi connectivity index (χ0n) is 11.9. The minimum atomic E-state index is -0.910. The van der Waals surface area contributed by atoms with Crippen LogP contribution in [0.1, 0.15) is 5.56 Å². The SMILES string of the molecule is O=C(O)Cc1c[nH]c2c(Oc3ccc([N+](=O)[O-])cc3)cccc12. The Hall–Kier alpha value is -3.35. The van der Waals surface area contributed by atoms with Crippen molar-refractivity contribution in [2.75, 3.05) is 0 Å². The van der Waals surface area contributed by atoms with Crippen molar-refractivity contribution >= 4 is 22.6 Å². The maximum Gasteiger partial charge on any atom is 0.307 e. The van der Waals surface area contributed by atoms with Gasteiger partial charge in [0.05, 0.1) is 16.9 Å². The average Bonchev–Trinajstić information content (AvgIpc) is 2.91. The third-order valence-electron chi connectivity index (χ3n) is 3.38. The molecule has 7 heteroatoms. The molecule has 3 aromatic rings. The highest BCUT2D eigenvalue weighted by Crippen LogP contribution is 2.31. The van der Waals surface area contributed by atoms with Crippen LogP contribution in [0, 0.1) is 10.1 Å². The number of carboxylic acids is 1. The predicted molar refractivity (Wildman–Crippen MR) is 82.8 cm³/mol. The van der Waals surface area contributed by atoms with Crippen molar-refractivity contribution in [2.45, 2.75) is 6.42 Å². The summed E-state index contributed by atoms with van der Waals surface area (Å²) >= 11 is 0. The molecule has 0 fully saturated rings. The first-order valence-corrected chi connectivity index (χ1v) is 6.77. The molecule has 23 heavy (non-hydrogen) atoms. The summed E-state index contributed by atoms with van der Waals surface area (Å²) in [5, 5.41) is 20.3. The van der Waals surface area contributed by atoms with Crippen molar-refractivity contribution in [3.63, 3.8) is 0 Å². The van der Waals surface area contributed by atoms with E-state index in [2.05, 4.69) is 4.98 Å². The van der Waals surface area contributed by atoms with E-state index in [4.69, 9.17) is 9.84 Å². The minimum Gasteiger partial charge on any atom is -0.481 e. The second kappa shape index (κ2) is 5.80. The van der Waals surface area contributed by atoms with Crippen LogP contribution >= 0.6 is 0 Å². The fraction of sp³-hybridized carbons (Fsp3) is 0.0625. The molecule has 7 nitrogen and oxygen atoms in total. The van der Waals surface area contributed by atoms with Gasteiger partial charge in [-0.15, -0.1) is 0 Å². The average molecular weight is 312 g/mol. The molecule has 0 aliphatic heterocycles. The van der Waals surface area contributed by atoms with Gasteiger partial charge in [0.2, 0.25) is 0 Å². The fourth-order valence-corrected chi connectivity index (χ4v) is 2.34. The first kappa shape index (κ1) is 14.6. The molecule has 3 rings (SSSR count). The number of carbonyl (C=O) groups is 1. The third-order valence-corrected chi connectivity index (χ3v) is 3.38. The number of ether oxygens (including phenoxy) is 1. The minimum absolute atomic E-state index is 0.0147. The van der Waals surface area contributed by atoms with Crippen molar-refractivity contribution in [1.82, 2.24) is 4.98 Å². The lowest BCUT2D eigenvalue weighted by Gasteiger charge is -2.07. The Morgan fingerprint density at radius 3 is 2.61 bits per heavy atom. The monoisotopic (exact) mass is 312 g/mol. The number of rotatable bonds is 5.